The first-order valence-corrected chi connectivity index (χ1v) is 11.2. The first kappa shape index (κ1) is 23.3. The number of nitrogens with zero attached hydrogens (tertiary/aromatic N) is 6. The Balaban J connectivity index is 1.93. The van der Waals surface area contributed by atoms with Crippen LogP contribution in [0.25, 0.3) is 11.3 Å². The predicted octanol–water partition coefficient (Wildman–Crippen LogP) is 3.81. The number of ether oxygens (including phenoxy) is 1. The van der Waals surface area contributed by atoms with E-state index in [0.29, 0.717) is 37.2 Å². The third-order valence-corrected chi connectivity index (χ3v) is 5.30. The number of piperazine rings is 1. The summed E-state index contributed by atoms with van der Waals surface area (Å²) in [5.74, 6) is -0.235. The molecular weight excluding hydrogens is 431 g/mol. The van der Waals surface area contributed by atoms with Crippen LogP contribution >= 0.6 is 11.8 Å². The summed E-state index contributed by atoms with van der Waals surface area (Å²) in [4.78, 5) is 24.8. The van der Waals surface area contributed by atoms with Crippen molar-refractivity contribution < 1.29 is 13.9 Å². The van der Waals surface area contributed by atoms with Crippen LogP contribution in [0.4, 0.5) is 15.0 Å². The first-order chi connectivity index (χ1) is 15.2. The van der Waals surface area contributed by atoms with E-state index >= 15 is 0 Å². The van der Waals surface area contributed by atoms with Gasteiger partial charge >= 0.3 is 6.09 Å². The summed E-state index contributed by atoms with van der Waals surface area (Å²) in [7, 11) is 0. The zero-order valence-corrected chi connectivity index (χ0v) is 19.2. The molecule has 8 nitrogen and oxygen atoms in total. The van der Waals surface area contributed by atoms with E-state index in [1.807, 2.05) is 31.7 Å². The zero-order valence-electron chi connectivity index (χ0n) is 18.3. The van der Waals surface area contributed by atoms with E-state index in [9.17, 15) is 14.4 Å². The molecule has 32 heavy (non-hydrogen) atoms. The van der Waals surface area contributed by atoms with Crippen LogP contribution in [0.15, 0.2) is 23.4 Å². The molecule has 1 aliphatic rings. The Bertz CT molecular complexity index is 1110. The van der Waals surface area contributed by atoms with Crippen molar-refractivity contribution in [1.29, 1.82) is 10.5 Å². The molecule has 0 spiro atoms. The van der Waals surface area contributed by atoms with Crippen LogP contribution in [0.5, 0.6) is 0 Å². The highest BCUT2D eigenvalue weighted by Crippen LogP contribution is 2.32. The second-order valence-corrected chi connectivity index (χ2v) is 8.90. The van der Waals surface area contributed by atoms with Gasteiger partial charge in [-0.3, -0.25) is 0 Å². The summed E-state index contributed by atoms with van der Waals surface area (Å²) in [6.07, 6.45) is 1.41. The Morgan fingerprint density at radius 1 is 1.16 bits per heavy atom. The number of amides is 1. The number of benzene rings is 1. The van der Waals surface area contributed by atoms with Crippen molar-refractivity contribution in [2.75, 3.05) is 37.3 Å². The molecule has 0 aliphatic carbocycles. The van der Waals surface area contributed by atoms with Crippen LogP contribution in [0.1, 0.15) is 31.9 Å². The lowest BCUT2D eigenvalue weighted by atomic mass is 10.0. The fourth-order valence-corrected chi connectivity index (χ4v) is 3.61. The summed E-state index contributed by atoms with van der Waals surface area (Å²) < 4.78 is 20.2. The predicted molar refractivity (Wildman–Crippen MR) is 119 cm³/mol. The quantitative estimate of drug-likeness (QED) is 0.509. The summed E-state index contributed by atoms with van der Waals surface area (Å²) in [5.41, 5.74) is 0.0622. The van der Waals surface area contributed by atoms with Crippen molar-refractivity contribution in [2.45, 2.75) is 31.5 Å². The zero-order chi connectivity index (χ0) is 23.5. The summed E-state index contributed by atoms with van der Waals surface area (Å²) >= 11 is 1.28. The molecule has 0 radical (unpaired) electrons. The van der Waals surface area contributed by atoms with Crippen LogP contribution in [-0.4, -0.2) is 59.0 Å². The average Bonchev–Trinajstić information content (AvgIpc) is 2.77. The van der Waals surface area contributed by atoms with Gasteiger partial charge in [0.2, 0.25) is 0 Å². The Kier molecular flexibility index (Phi) is 6.85. The minimum absolute atomic E-state index is 0.131. The Morgan fingerprint density at radius 2 is 1.84 bits per heavy atom. The molecule has 1 aliphatic heterocycles. The number of hydrogen-bond acceptors (Lipinski definition) is 8. The van der Waals surface area contributed by atoms with Crippen LogP contribution in [-0.2, 0) is 4.74 Å². The van der Waals surface area contributed by atoms with Crippen LogP contribution < -0.4 is 4.90 Å². The largest absolute Gasteiger partial charge is 0.444 e. The van der Waals surface area contributed by atoms with Crippen LogP contribution in [0.2, 0.25) is 0 Å². The number of carbonyl (C=O) groups excluding carboxylic acids is 1. The van der Waals surface area contributed by atoms with E-state index in [1.165, 1.54) is 23.9 Å². The molecule has 0 saturated carbocycles. The van der Waals surface area contributed by atoms with E-state index in [4.69, 9.17) is 10.00 Å². The van der Waals surface area contributed by atoms with E-state index in [1.54, 1.807) is 11.2 Å². The first-order valence-electron chi connectivity index (χ1n) is 9.96. The molecule has 1 fully saturated rings. The number of rotatable bonds is 3. The minimum atomic E-state index is -0.632. The lowest BCUT2D eigenvalue weighted by Crippen LogP contribution is -2.50. The number of carbonyl (C=O) groups is 1. The SMILES string of the molecule is CSc1nc(-c2ccc(C#N)cc2F)c(C#N)c(N2CCN(C(=O)OC(C)(C)C)CC2)n1. The highest BCUT2D eigenvalue weighted by Gasteiger charge is 2.29. The van der Waals surface area contributed by atoms with Crippen LogP contribution in [0, 0.1) is 28.5 Å². The van der Waals surface area contributed by atoms with Crippen molar-refractivity contribution in [2.24, 2.45) is 0 Å². The van der Waals surface area contributed by atoms with Gasteiger partial charge in [-0.05, 0) is 45.2 Å². The van der Waals surface area contributed by atoms with Gasteiger partial charge in [-0.25, -0.2) is 19.2 Å². The molecule has 1 amide bonds. The molecule has 1 aromatic heterocycles. The van der Waals surface area contributed by atoms with E-state index in [0.717, 1.165) is 6.07 Å². The topological polar surface area (TPSA) is 106 Å². The third kappa shape index (κ3) is 5.09. The van der Waals surface area contributed by atoms with Crippen molar-refractivity contribution in [1.82, 2.24) is 14.9 Å². The molecule has 0 N–H and O–H groups in total. The number of hydrogen-bond donors (Lipinski definition) is 0. The van der Waals surface area contributed by atoms with Gasteiger partial charge in [-0.1, -0.05) is 11.8 Å². The fourth-order valence-electron chi connectivity index (χ4n) is 3.25. The lowest BCUT2D eigenvalue weighted by Gasteiger charge is -2.36. The maximum atomic E-state index is 14.7. The second-order valence-electron chi connectivity index (χ2n) is 8.13. The van der Waals surface area contributed by atoms with Gasteiger partial charge in [0.1, 0.15) is 23.1 Å². The molecule has 2 aromatic rings. The summed E-state index contributed by atoms with van der Waals surface area (Å²) in [5, 5.41) is 19.3. The molecule has 1 saturated heterocycles. The number of nitriles is 2. The maximum Gasteiger partial charge on any atom is 0.410 e. The van der Waals surface area contributed by atoms with Gasteiger partial charge < -0.3 is 14.5 Å². The molecular formula is C22H23FN6O2S. The molecule has 2 heterocycles. The number of halogens is 1. The normalized spacial score (nSPS) is 14.0. The fraction of sp³-hybridized carbons (Fsp3) is 0.409. The van der Waals surface area contributed by atoms with Gasteiger partial charge in [-0.2, -0.15) is 10.5 Å². The number of anilines is 1. The van der Waals surface area contributed by atoms with Gasteiger partial charge in [0.15, 0.2) is 11.0 Å². The van der Waals surface area contributed by atoms with E-state index < -0.39 is 11.4 Å². The van der Waals surface area contributed by atoms with E-state index in [2.05, 4.69) is 16.0 Å². The standard InChI is InChI=1S/C22H23FN6O2S/c1-22(2,3)31-21(30)29-9-7-28(8-10-29)19-16(13-25)18(26-20(27-19)32-4)15-6-5-14(12-24)11-17(15)23/h5-6,11H,7-10H2,1-4H3. The number of aromatic nitrogens is 2. The van der Waals surface area contributed by atoms with Crippen molar-refractivity contribution in [3.63, 3.8) is 0 Å². The Labute approximate surface area is 190 Å². The van der Waals surface area contributed by atoms with Gasteiger partial charge in [-0.15, -0.1) is 0 Å². The van der Waals surface area contributed by atoms with Crippen molar-refractivity contribution in [3.05, 3.63) is 35.1 Å². The maximum absolute atomic E-state index is 14.7. The highest BCUT2D eigenvalue weighted by molar-refractivity contribution is 7.98. The van der Waals surface area contributed by atoms with Gasteiger partial charge in [0, 0.05) is 31.7 Å². The van der Waals surface area contributed by atoms with Crippen molar-refractivity contribution >= 4 is 23.7 Å². The number of thioether (sulfide) groups is 1. The monoisotopic (exact) mass is 454 g/mol. The second kappa shape index (κ2) is 9.41. The van der Waals surface area contributed by atoms with Crippen molar-refractivity contribution in [3.8, 4) is 23.4 Å². The van der Waals surface area contributed by atoms with Gasteiger partial charge in [0.25, 0.3) is 0 Å². The minimum Gasteiger partial charge on any atom is -0.444 e. The highest BCUT2D eigenvalue weighted by atomic mass is 32.2. The van der Waals surface area contributed by atoms with E-state index in [-0.39, 0.29) is 28.5 Å². The molecule has 3 rings (SSSR count). The molecule has 166 valence electrons. The third-order valence-electron chi connectivity index (χ3n) is 4.75. The molecule has 0 atom stereocenters. The molecule has 10 heteroatoms. The molecule has 0 bridgehead atoms. The van der Waals surface area contributed by atoms with Gasteiger partial charge in [0.05, 0.1) is 17.3 Å². The molecule has 1 aromatic carbocycles. The summed E-state index contributed by atoms with van der Waals surface area (Å²) in [6, 6.07) is 8.07. The van der Waals surface area contributed by atoms with Crippen LogP contribution in [0.3, 0.4) is 0 Å². The molecule has 0 unspecified atom stereocenters. The average molecular weight is 455 g/mol. The smallest absolute Gasteiger partial charge is 0.410 e. The lowest BCUT2D eigenvalue weighted by molar-refractivity contribution is 0.0240. The summed E-state index contributed by atoms with van der Waals surface area (Å²) in [6.45, 7) is 7.12. The Morgan fingerprint density at radius 3 is 2.38 bits per heavy atom. The Hall–Kier alpha value is -3.37.